The summed E-state index contributed by atoms with van der Waals surface area (Å²) in [6.45, 7) is 2.98. The van der Waals surface area contributed by atoms with Gasteiger partial charge < -0.3 is 15.5 Å². The molecule has 0 bridgehead atoms. The molecule has 0 saturated carbocycles. The number of hydrogen-bond acceptors (Lipinski definition) is 3. The first-order chi connectivity index (χ1) is 6.18. The van der Waals surface area contributed by atoms with Crippen molar-refractivity contribution >= 4 is 0 Å². The minimum absolute atomic E-state index is 0.0205. The van der Waals surface area contributed by atoms with Crippen LogP contribution in [0.1, 0.15) is 24.1 Å². The zero-order valence-corrected chi connectivity index (χ0v) is 7.54. The van der Waals surface area contributed by atoms with Gasteiger partial charge in [0.15, 0.2) is 11.5 Å². The highest BCUT2D eigenvalue weighted by Gasteiger charge is 2.17. The Kier molecular flexibility index (Phi) is 1.88. The van der Waals surface area contributed by atoms with E-state index >= 15 is 0 Å². The lowest BCUT2D eigenvalue weighted by Crippen LogP contribution is -2.27. The van der Waals surface area contributed by atoms with E-state index in [9.17, 15) is 10.2 Å². The molecule has 2 rings (SSSR count). The van der Waals surface area contributed by atoms with E-state index < -0.39 is 0 Å². The summed E-state index contributed by atoms with van der Waals surface area (Å²) in [6, 6.07) is 3.55. The van der Waals surface area contributed by atoms with Crippen LogP contribution < -0.4 is 5.32 Å². The average molecular weight is 179 g/mol. The molecule has 1 heterocycles. The van der Waals surface area contributed by atoms with Crippen molar-refractivity contribution in [2.24, 2.45) is 0 Å². The van der Waals surface area contributed by atoms with Gasteiger partial charge in [-0.05, 0) is 43.1 Å². The number of nitrogens with one attached hydrogen (secondary N) is 1. The zero-order valence-electron chi connectivity index (χ0n) is 7.54. The summed E-state index contributed by atoms with van der Waals surface area (Å²) in [4.78, 5) is 0. The molecule has 0 unspecified atom stereocenters. The Bertz CT molecular complexity index is 336. The standard InChI is InChI=1S/C10H13NO2/c1-6-8-5-10(13)9(12)4-7(8)2-3-11-6/h4-6,11-13H,2-3H2,1H3/t6-/m1/s1. The van der Waals surface area contributed by atoms with Crippen LogP contribution in [0.3, 0.4) is 0 Å². The van der Waals surface area contributed by atoms with Crippen molar-refractivity contribution in [1.29, 1.82) is 0 Å². The zero-order chi connectivity index (χ0) is 9.42. The first-order valence-electron chi connectivity index (χ1n) is 4.46. The van der Waals surface area contributed by atoms with Gasteiger partial charge in [-0.2, -0.15) is 0 Å². The molecule has 0 amide bonds. The molecule has 70 valence electrons. The lowest BCUT2D eigenvalue weighted by Gasteiger charge is -2.24. The maximum Gasteiger partial charge on any atom is 0.157 e. The van der Waals surface area contributed by atoms with Crippen molar-refractivity contribution in [2.75, 3.05) is 6.54 Å². The third kappa shape index (κ3) is 1.35. The smallest absolute Gasteiger partial charge is 0.157 e. The Balaban J connectivity index is 2.52. The van der Waals surface area contributed by atoms with E-state index in [0.717, 1.165) is 24.1 Å². The predicted octanol–water partition coefficient (Wildman–Crippen LogP) is 1.30. The van der Waals surface area contributed by atoms with Gasteiger partial charge in [0, 0.05) is 6.04 Å². The molecule has 1 aliphatic heterocycles. The Morgan fingerprint density at radius 3 is 2.77 bits per heavy atom. The summed E-state index contributed by atoms with van der Waals surface area (Å²) in [5.41, 5.74) is 2.21. The molecule has 1 aromatic rings. The minimum Gasteiger partial charge on any atom is -0.504 e. The number of benzene rings is 1. The summed E-state index contributed by atoms with van der Waals surface area (Å²) in [7, 11) is 0. The summed E-state index contributed by atoms with van der Waals surface area (Å²) >= 11 is 0. The molecule has 0 aliphatic carbocycles. The third-order valence-electron chi connectivity index (χ3n) is 2.55. The molecule has 3 N–H and O–H groups in total. The van der Waals surface area contributed by atoms with Crippen molar-refractivity contribution in [3.05, 3.63) is 23.3 Å². The van der Waals surface area contributed by atoms with Crippen molar-refractivity contribution in [3.8, 4) is 11.5 Å². The fourth-order valence-corrected chi connectivity index (χ4v) is 1.79. The molecular weight excluding hydrogens is 166 g/mol. The number of phenols is 2. The lowest BCUT2D eigenvalue weighted by molar-refractivity contribution is 0.399. The van der Waals surface area contributed by atoms with E-state index in [1.165, 1.54) is 0 Å². The third-order valence-corrected chi connectivity index (χ3v) is 2.55. The second-order valence-corrected chi connectivity index (χ2v) is 3.47. The molecule has 1 aromatic carbocycles. The van der Waals surface area contributed by atoms with Crippen LogP contribution in [0.4, 0.5) is 0 Å². The highest BCUT2D eigenvalue weighted by Crippen LogP contribution is 2.33. The molecule has 1 atom stereocenters. The van der Waals surface area contributed by atoms with Crippen molar-refractivity contribution in [3.63, 3.8) is 0 Å². The van der Waals surface area contributed by atoms with Crippen LogP contribution >= 0.6 is 0 Å². The van der Waals surface area contributed by atoms with Crippen LogP contribution in [0.25, 0.3) is 0 Å². The Hall–Kier alpha value is -1.22. The second-order valence-electron chi connectivity index (χ2n) is 3.47. The summed E-state index contributed by atoms with van der Waals surface area (Å²) in [5.74, 6) is -0.0536. The Labute approximate surface area is 77.0 Å². The minimum atomic E-state index is -0.0331. The van der Waals surface area contributed by atoms with E-state index in [4.69, 9.17) is 0 Å². The van der Waals surface area contributed by atoms with Gasteiger partial charge in [0.1, 0.15) is 0 Å². The van der Waals surface area contributed by atoms with Crippen molar-refractivity contribution in [2.45, 2.75) is 19.4 Å². The molecule has 0 saturated heterocycles. The fourth-order valence-electron chi connectivity index (χ4n) is 1.79. The van der Waals surface area contributed by atoms with Gasteiger partial charge in [-0.15, -0.1) is 0 Å². The monoisotopic (exact) mass is 179 g/mol. The van der Waals surface area contributed by atoms with Gasteiger partial charge in [-0.25, -0.2) is 0 Å². The molecule has 3 heteroatoms. The van der Waals surface area contributed by atoms with Gasteiger partial charge in [-0.1, -0.05) is 0 Å². The topological polar surface area (TPSA) is 52.5 Å². The molecule has 0 fully saturated rings. The van der Waals surface area contributed by atoms with Crippen LogP contribution in [0.15, 0.2) is 12.1 Å². The number of hydrogen-bond donors (Lipinski definition) is 3. The fraction of sp³-hybridized carbons (Fsp3) is 0.400. The quantitative estimate of drug-likeness (QED) is 0.526. The van der Waals surface area contributed by atoms with Gasteiger partial charge in [0.05, 0.1) is 0 Å². The number of phenolic OH excluding ortho intramolecular Hbond substituents is 2. The Morgan fingerprint density at radius 2 is 2.00 bits per heavy atom. The maximum atomic E-state index is 9.32. The normalized spacial score (nSPS) is 21.2. The van der Waals surface area contributed by atoms with Crippen LogP contribution in [0.5, 0.6) is 11.5 Å². The summed E-state index contributed by atoms with van der Waals surface area (Å²) < 4.78 is 0. The number of rotatable bonds is 0. The first-order valence-corrected chi connectivity index (χ1v) is 4.46. The predicted molar refractivity (Wildman–Crippen MR) is 49.9 cm³/mol. The van der Waals surface area contributed by atoms with Crippen LogP contribution in [0, 0.1) is 0 Å². The molecule has 13 heavy (non-hydrogen) atoms. The van der Waals surface area contributed by atoms with E-state index in [0.29, 0.717) is 0 Å². The molecule has 0 spiro atoms. The van der Waals surface area contributed by atoms with Gasteiger partial charge >= 0.3 is 0 Å². The highest BCUT2D eigenvalue weighted by molar-refractivity contribution is 5.47. The van der Waals surface area contributed by atoms with E-state index in [-0.39, 0.29) is 17.5 Å². The SMILES string of the molecule is C[C@H]1NCCc2cc(O)c(O)cc21. The first kappa shape index (κ1) is 8.38. The van der Waals surface area contributed by atoms with Crippen molar-refractivity contribution < 1.29 is 10.2 Å². The van der Waals surface area contributed by atoms with Gasteiger partial charge in [-0.3, -0.25) is 0 Å². The summed E-state index contributed by atoms with van der Waals surface area (Å²) in [5, 5.41) is 21.9. The second kappa shape index (κ2) is 2.92. The molecular formula is C10H13NO2. The van der Waals surface area contributed by atoms with Crippen LogP contribution in [-0.4, -0.2) is 16.8 Å². The largest absolute Gasteiger partial charge is 0.504 e. The molecule has 0 radical (unpaired) electrons. The average Bonchev–Trinajstić information content (AvgIpc) is 2.09. The lowest BCUT2D eigenvalue weighted by atomic mass is 9.95. The summed E-state index contributed by atoms with van der Waals surface area (Å²) in [6.07, 6.45) is 0.910. The highest BCUT2D eigenvalue weighted by atomic mass is 16.3. The van der Waals surface area contributed by atoms with E-state index in [1.54, 1.807) is 12.1 Å². The van der Waals surface area contributed by atoms with Gasteiger partial charge in [0.2, 0.25) is 0 Å². The van der Waals surface area contributed by atoms with Crippen LogP contribution in [-0.2, 0) is 6.42 Å². The van der Waals surface area contributed by atoms with E-state index in [1.807, 2.05) is 0 Å². The number of aromatic hydroxyl groups is 2. The van der Waals surface area contributed by atoms with Crippen molar-refractivity contribution in [1.82, 2.24) is 5.32 Å². The Morgan fingerprint density at radius 1 is 1.31 bits per heavy atom. The molecule has 1 aliphatic rings. The van der Waals surface area contributed by atoms with E-state index in [2.05, 4.69) is 12.2 Å². The molecule has 3 nitrogen and oxygen atoms in total. The maximum absolute atomic E-state index is 9.32. The number of fused-ring (bicyclic) bond motifs is 1. The molecule has 0 aromatic heterocycles. The van der Waals surface area contributed by atoms with Gasteiger partial charge in [0.25, 0.3) is 0 Å². The van der Waals surface area contributed by atoms with Crippen LogP contribution in [0.2, 0.25) is 0 Å².